The summed E-state index contributed by atoms with van der Waals surface area (Å²) in [7, 11) is 0. The lowest BCUT2D eigenvalue weighted by Gasteiger charge is -2.48. The first kappa shape index (κ1) is 42.2. The Morgan fingerprint density at radius 1 is 0.900 bits per heavy atom. The highest BCUT2D eigenvalue weighted by Crippen LogP contribution is 2.35. The smallest absolute Gasteiger partial charge is 0.364 e. The van der Waals surface area contributed by atoms with Gasteiger partial charge in [0, 0.05) is 20.3 Å². The van der Waals surface area contributed by atoms with Gasteiger partial charge in [0.15, 0.2) is 12.6 Å². The number of nitrogens with one attached hydrogen (secondary N) is 2. The van der Waals surface area contributed by atoms with Crippen LogP contribution in [0.4, 0.5) is 0 Å². The number of aliphatic carboxylic acids is 1. The summed E-state index contributed by atoms with van der Waals surface area (Å²) in [5, 5.41) is 109. The number of hydrogen-bond acceptors (Lipinski definition) is 19. The van der Waals surface area contributed by atoms with Crippen molar-refractivity contribution >= 4 is 17.8 Å². The van der Waals surface area contributed by atoms with Gasteiger partial charge in [0.05, 0.1) is 38.6 Å². The number of aliphatic hydroxyl groups is 9. The van der Waals surface area contributed by atoms with Crippen molar-refractivity contribution in [3.8, 4) is 0 Å². The standard InChI is InChI=1S/C28H49N3O19/c1-10(34)30-16-12(36)6-28(27(43)44,50-24(16)18(38)13(37)7-32)46-9-15-19(39)21(41)22(42)26(48-15)49-23-14(8-33)47-25(45-5-3-4-29)17(20(23)40)31-11(2)35/h12-26,32-33,36-42H,3-9,29H2,1-2H3,(H,30,34)(H,31,35)(H,43,44)/t12-,13+,14+,15+,16+,17+,18+,19-,20+,21-,22+,23+,24+,25+,26-,28-/m0/s1. The number of carboxylic acid groups (broad SMARTS) is 1. The van der Waals surface area contributed by atoms with Crippen LogP contribution < -0.4 is 16.4 Å². The average molecular weight is 732 g/mol. The van der Waals surface area contributed by atoms with Gasteiger partial charge in [-0.2, -0.15) is 0 Å². The number of carboxylic acids is 1. The molecule has 3 heterocycles. The minimum absolute atomic E-state index is 0.0675. The van der Waals surface area contributed by atoms with E-state index in [-0.39, 0.29) is 13.2 Å². The summed E-state index contributed by atoms with van der Waals surface area (Å²) in [6, 6.07) is -2.76. The van der Waals surface area contributed by atoms with Crippen molar-refractivity contribution in [2.45, 2.75) is 124 Å². The van der Waals surface area contributed by atoms with Crippen molar-refractivity contribution in [3.63, 3.8) is 0 Å². The van der Waals surface area contributed by atoms with Crippen molar-refractivity contribution in [2.24, 2.45) is 5.73 Å². The van der Waals surface area contributed by atoms with Gasteiger partial charge in [-0.3, -0.25) is 9.59 Å². The van der Waals surface area contributed by atoms with Crippen molar-refractivity contribution in [1.82, 2.24) is 10.6 Å². The van der Waals surface area contributed by atoms with Crippen molar-refractivity contribution in [2.75, 3.05) is 33.0 Å². The molecule has 0 unspecified atom stereocenters. The lowest BCUT2D eigenvalue weighted by Crippen LogP contribution is -2.69. The summed E-state index contributed by atoms with van der Waals surface area (Å²) in [6.45, 7) is -0.200. The van der Waals surface area contributed by atoms with Crippen LogP contribution in [0.2, 0.25) is 0 Å². The Morgan fingerprint density at radius 3 is 2.08 bits per heavy atom. The van der Waals surface area contributed by atoms with Crippen molar-refractivity contribution < 1.29 is 93.9 Å². The van der Waals surface area contributed by atoms with Gasteiger partial charge < -0.3 is 95.9 Å². The predicted octanol–water partition coefficient (Wildman–Crippen LogP) is -7.71. The molecule has 290 valence electrons. The van der Waals surface area contributed by atoms with E-state index in [1.807, 2.05) is 0 Å². The molecule has 16 atom stereocenters. The third-order valence-corrected chi connectivity index (χ3v) is 8.48. The fraction of sp³-hybridized carbons (Fsp3) is 0.893. The largest absolute Gasteiger partial charge is 0.477 e. The van der Waals surface area contributed by atoms with E-state index in [0.717, 1.165) is 13.8 Å². The summed E-state index contributed by atoms with van der Waals surface area (Å²) >= 11 is 0. The molecule has 3 rings (SSSR count). The topological polar surface area (TPSA) is 359 Å². The third-order valence-electron chi connectivity index (χ3n) is 8.48. The van der Waals surface area contributed by atoms with E-state index in [1.165, 1.54) is 0 Å². The Bertz CT molecular complexity index is 1120. The molecule has 50 heavy (non-hydrogen) atoms. The van der Waals surface area contributed by atoms with Gasteiger partial charge >= 0.3 is 5.97 Å². The van der Waals surface area contributed by atoms with Crippen LogP contribution in [0.5, 0.6) is 0 Å². The molecule has 0 aromatic carbocycles. The number of nitrogens with two attached hydrogens (primary N) is 1. The van der Waals surface area contributed by atoms with E-state index in [4.69, 9.17) is 34.2 Å². The average Bonchev–Trinajstić information content (AvgIpc) is 3.06. The third kappa shape index (κ3) is 9.80. The van der Waals surface area contributed by atoms with Crippen LogP contribution >= 0.6 is 0 Å². The lowest BCUT2D eigenvalue weighted by atomic mass is 9.88. The summed E-state index contributed by atoms with van der Waals surface area (Å²) in [5.74, 6) is -6.02. The van der Waals surface area contributed by atoms with Gasteiger partial charge in [-0.25, -0.2) is 4.79 Å². The van der Waals surface area contributed by atoms with E-state index >= 15 is 0 Å². The second-order valence-corrected chi connectivity index (χ2v) is 12.3. The van der Waals surface area contributed by atoms with Crippen LogP contribution in [0.3, 0.4) is 0 Å². The first-order chi connectivity index (χ1) is 23.5. The molecule has 3 aliphatic rings. The van der Waals surface area contributed by atoms with Gasteiger partial charge in [0.2, 0.25) is 11.8 Å². The Hall–Kier alpha value is -2.23. The van der Waals surface area contributed by atoms with Crippen LogP contribution in [0.1, 0.15) is 26.7 Å². The molecule has 14 N–H and O–H groups in total. The van der Waals surface area contributed by atoms with Crippen LogP contribution in [0, 0.1) is 0 Å². The molecule has 22 heteroatoms. The van der Waals surface area contributed by atoms with Gasteiger partial charge in [-0.1, -0.05) is 0 Å². The van der Waals surface area contributed by atoms with Crippen LogP contribution in [0.25, 0.3) is 0 Å². The monoisotopic (exact) mass is 731 g/mol. The molecule has 0 radical (unpaired) electrons. The molecule has 22 nitrogen and oxygen atoms in total. The van der Waals surface area contributed by atoms with E-state index in [0.29, 0.717) is 6.42 Å². The maximum absolute atomic E-state index is 12.5. The van der Waals surface area contributed by atoms with E-state index < -0.39 is 142 Å². The molecule has 0 bridgehead atoms. The molecule has 0 aliphatic carbocycles. The van der Waals surface area contributed by atoms with Gasteiger partial charge in [0.25, 0.3) is 5.79 Å². The van der Waals surface area contributed by atoms with Gasteiger partial charge in [-0.05, 0) is 13.0 Å². The van der Waals surface area contributed by atoms with Gasteiger partial charge in [-0.15, -0.1) is 0 Å². The molecule has 0 aromatic heterocycles. The first-order valence-electron chi connectivity index (χ1n) is 15.9. The first-order valence-corrected chi connectivity index (χ1v) is 15.9. The molecule has 0 aromatic rings. The molecule has 3 aliphatic heterocycles. The fourth-order valence-corrected chi connectivity index (χ4v) is 5.86. The number of amides is 2. The minimum Gasteiger partial charge on any atom is -0.477 e. The summed E-state index contributed by atoms with van der Waals surface area (Å²) in [6.07, 6.45) is -23.6. The van der Waals surface area contributed by atoms with Crippen LogP contribution in [0.15, 0.2) is 0 Å². The number of ether oxygens (including phenoxy) is 6. The zero-order valence-electron chi connectivity index (χ0n) is 27.3. The number of hydrogen-bond donors (Lipinski definition) is 13. The molecular formula is C28H49N3O19. The highest BCUT2D eigenvalue weighted by Gasteiger charge is 2.57. The Balaban J connectivity index is 1.83. The molecule has 0 spiro atoms. The van der Waals surface area contributed by atoms with Crippen molar-refractivity contribution in [1.29, 1.82) is 0 Å². The van der Waals surface area contributed by atoms with E-state index in [9.17, 15) is 65.4 Å². The molecule has 3 saturated heterocycles. The second kappa shape index (κ2) is 18.5. The molecule has 2 amide bonds. The molecular weight excluding hydrogens is 682 g/mol. The summed E-state index contributed by atoms with van der Waals surface area (Å²) in [5.41, 5.74) is 5.49. The maximum Gasteiger partial charge on any atom is 0.364 e. The lowest BCUT2D eigenvalue weighted by molar-refractivity contribution is -0.360. The van der Waals surface area contributed by atoms with Crippen LogP contribution in [-0.4, -0.2) is 199 Å². The Kier molecular flexibility index (Phi) is 15.6. The normalized spacial score (nSPS) is 40.4. The zero-order valence-corrected chi connectivity index (χ0v) is 27.3. The maximum atomic E-state index is 12.5. The number of carbonyl (C=O) groups is 3. The van der Waals surface area contributed by atoms with E-state index in [2.05, 4.69) is 10.6 Å². The highest BCUT2D eigenvalue weighted by molar-refractivity contribution is 5.76. The quantitative estimate of drug-likeness (QED) is 0.0655. The van der Waals surface area contributed by atoms with E-state index in [1.54, 1.807) is 0 Å². The van der Waals surface area contributed by atoms with Crippen molar-refractivity contribution in [3.05, 3.63) is 0 Å². The Morgan fingerprint density at radius 2 is 1.52 bits per heavy atom. The van der Waals surface area contributed by atoms with Gasteiger partial charge in [0.1, 0.15) is 67.1 Å². The predicted molar refractivity (Wildman–Crippen MR) is 159 cm³/mol. The number of rotatable bonds is 16. The summed E-state index contributed by atoms with van der Waals surface area (Å²) < 4.78 is 33.7. The fourth-order valence-electron chi connectivity index (χ4n) is 5.86. The summed E-state index contributed by atoms with van der Waals surface area (Å²) in [4.78, 5) is 36.2. The van der Waals surface area contributed by atoms with Crippen LogP contribution in [-0.2, 0) is 42.8 Å². The Labute approximate surface area is 285 Å². The number of carbonyl (C=O) groups excluding carboxylic acids is 2. The second-order valence-electron chi connectivity index (χ2n) is 12.3. The minimum atomic E-state index is -2.84. The SMILES string of the molecule is CC(=O)N[C@H]1[C@H](OCCCN)O[C@H](CO)[C@@H](O[C@@H]2O[C@H](CO[C@@]3(C(=O)O)C[C@H](O)[C@@H](NC(C)=O)[C@H]([C@H](O)[C@H](O)CO)O3)[C@H](O)[C@H](O)[C@H]2O)[C@@H]1O. The molecule has 3 fully saturated rings. The number of aliphatic hydroxyl groups excluding tert-OH is 9. The zero-order chi connectivity index (χ0) is 37.5. The molecule has 0 saturated carbocycles. The highest BCUT2D eigenvalue weighted by atomic mass is 16.8.